The monoisotopic (exact) mass is 671 g/mol. The molecule has 3 aromatic rings. The summed E-state index contributed by atoms with van der Waals surface area (Å²) in [5.74, 6) is -0.0587. The first-order valence-corrected chi connectivity index (χ1v) is 16.5. The van der Waals surface area contributed by atoms with Gasteiger partial charge in [-0.3, -0.25) is 13.9 Å². The molecule has 0 radical (unpaired) electrons. The van der Waals surface area contributed by atoms with Crippen LogP contribution in [0.5, 0.6) is 11.5 Å². The molecule has 0 heterocycles. The Morgan fingerprint density at radius 2 is 1.58 bits per heavy atom. The van der Waals surface area contributed by atoms with Crippen molar-refractivity contribution in [3.63, 3.8) is 0 Å². The molecule has 0 bridgehead atoms. The fourth-order valence-electron chi connectivity index (χ4n) is 5.17. The topological polar surface area (TPSA) is 105 Å². The number of benzene rings is 3. The predicted molar refractivity (Wildman–Crippen MR) is 170 cm³/mol. The quantitative estimate of drug-likeness (QED) is 0.272. The number of sulfonamides is 1. The highest BCUT2D eigenvalue weighted by atomic mass is 79.9. The molecule has 2 amide bonds. The molecule has 1 saturated carbocycles. The maximum atomic E-state index is 14.2. The van der Waals surface area contributed by atoms with Gasteiger partial charge in [-0.15, -0.1) is 0 Å². The number of hydrogen-bond acceptors (Lipinski definition) is 6. The number of ether oxygens (including phenoxy) is 2. The third-order valence-electron chi connectivity index (χ3n) is 7.65. The first kappa shape index (κ1) is 32.3. The third-order valence-corrected chi connectivity index (χ3v) is 9.97. The van der Waals surface area contributed by atoms with Crippen LogP contribution in [0.1, 0.15) is 44.6 Å². The molecule has 1 N–H and O–H groups in total. The van der Waals surface area contributed by atoms with Crippen molar-refractivity contribution in [2.75, 3.05) is 25.1 Å². The lowest BCUT2D eigenvalue weighted by molar-refractivity contribution is -0.139. The Morgan fingerprint density at radius 3 is 2.21 bits per heavy atom. The van der Waals surface area contributed by atoms with Crippen LogP contribution in [0.3, 0.4) is 0 Å². The minimum absolute atomic E-state index is 0.0279. The van der Waals surface area contributed by atoms with Gasteiger partial charge in [0.15, 0.2) is 11.5 Å². The molecule has 1 aliphatic carbocycles. The van der Waals surface area contributed by atoms with Gasteiger partial charge in [-0.2, -0.15) is 0 Å². The van der Waals surface area contributed by atoms with Crippen LogP contribution in [0.25, 0.3) is 0 Å². The van der Waals surface area contributed by atoms with E-state index >= 15 is 0 Å². The molecule has 0 aliphatic heterocycles. The highest BCUT2D eigenvalue weighted by Gasteiger charge is 2.33. The molecule has 43 heavy (non-hydrogen) atoms. The summed E-state index contributed by atoms with van der Waals surface area (Å²) in [6.45, 7) is 1.27. The lowest BCUT2D eigenvalue weighted by Gasteiger charge is -2.33. The zero-order valence-corrected chi connectivity index (χ0v) is 27.1. The largest absolute Gasteiger partial charge is 0.493 e. The number of hydrogen-bond donors (Lipinski definition) is 1. The summed E-state index contributed by atoms with van der Waals surface area (Å²) in [6.07, 6.45) is 5.07. The molecule has 1 aliphatic rings. The number of halogens is 1. The number of rotatable bonds is 12. The molecular formula is C32H38BrN3O6S. The smallest absolute Gasteiger partial charge is 0.264 e. The van der Waals surface area contributed by atoms with Gasteiger partial charge < -0.3 is 19.7 Å². The fourth-order valence-corrected chi connectivity index (χ4v) is 6.86. The third kappa shape index (κ3) is 8.08. The predicted octanol–water partition coefficient (Wildman–Crippen LogP) is 5.53. The number of nitrogens with one attached hydrogen (secondary N) is 1. The maximum absolute atomic E-state index is 14.2. The number of amides is 2. The SMILES string of the molecule is COc1ccc(N(CC(=O)N(Cc2ccc(Br)cc2)[C@H](C)C(=O)NC2CCCCC2)S(=O)(=O)c2ccccc2)cc1OC. The van der Waals surface area contributed by atoms with Gasteiger partial charge in [0.1, 0.15) is 12.6 Å². The molecule has 0 spiro atoms. The van der Waals surface area contributed by atoms with Crippen molar-refractivity contribution >= 4 is 43.5 Å². The van der Waals surface area contributed by atoms with Crippen LogP contribution in [0.4, 0.5) is 5.69 Å². The van der Waals surface area contributed by atoms with E-state index < -0.39 is 28.5 Å². The molecule has 0 aromatic heterocycles. The summed E-state index contributed by atoms with van der Waals surface area (Å²) in [4.78, 5) is 29.1. The van der Waals surface area contributed by atoms with E-state index in [9.17, 15) is 18.0 Å². The number of nitrogens with zero attached hydrogens (tertiary/aromatic N) is 2. The molecule has 0 saturated heterocycles. The molecule has 0 unspecified atom stereocenters. The van der Waals surface area contributed by atoms with Crippen LogP contribution in [-0.4, -0.2) is 58.0 Å². The van der Waals surface area contributed by atoms with E-state index in [0.717, 1.165) is 46.4 Å². The highest BCUT2D eigenvalue weighted by molar-refractivity contribution is 9.10. The number of carbonyl (C=O) groups is 2. The summed E-state index contributed by atoms with van der Waals surface area (Å²) < 4.78 is 40.7. The van der Waals surface area contributed by atoms with Crippen LogP contribution < -0.4 is 19.1 Å². The van der Waals surface area contributed by atoms with Gasteiger partial charge in [0, 0.05) is 23.1 Å². The van der Waals surface area contributed by atoms with E-state index in [-0.39, 0.29) is 29.1 Å². The molecule has 11 heteroatoms. The second-order valence-electron chi connectivity index (χ2n) is 10.5. The van der Waals surface area contributed by atoms with Gasteiger partial charge in [0.25, 0.3) is 10.0 Å². The van der Waals surface area contributed by atoms with Gasteiger partial charge >= 0.3 is 0 Å². The Bertz CT molecular complexity index is 1500. The Balaban J connectivity index is 1.70. The maximum Gasteiger partial charge on any atom is 0.264 e. The van der Waals surface area contributed by atoms with E-state index in [2.05, 4.69) is 21.2 Å². The molecule has 230 valence electrons. The first-order valence-electron chi connectivity index (χ1n) is 14.3. The Morgan fingerprint density at radius 1 is 0.930 bits per heavy atom. The van der Waals surface area contributed by atoms with Crippen LogP contribution in [0.2, 0.25) is 0 Å². The van der Waals surface area contributed by atoms with Crippen molar-refractivity contribution in [2.24, 2.45) is 0 Å². The summed E-state index contributed by atoms with van der Waals surface area (Å²) in [7, 11) is -1.25. The normalized spacial score (nSPS) is 14.4. The molecule has 9 nitrogen and oxygen atoms in total. The first-order chi connectivity index (χ1) is 20.6. The summed E-state index contributed by atoms with van der Waals surface area (Å²) in [6, 6.07) is 19.3. The van der Waals surface area contributed by atoms with Crippen LogP contribution in [0.15, 0.2) is 82.2 Å². The minimum Gasteiger partial charge on any atom is -0.493 e. The van der Waals surface area contributed by atoms with E-state index in [1.165, 1.54) is 37.3 Å². The lowest BCUT2D eigenvalue weighted by Crippen LogP contribution is -2.53. The highest BCUT2D eigenvalue weighted by Crippen LogP contribution is 2.34. The molecule has 3 aromatic carbocycles. The Hall–Kier alpha value is -3.57. The van der Waals surface area contributed by atoms with Crippen molar-refractivity contribution in [3.05, 3.63) is 82.8 Å². The fraction of sp³-hybridized carbons (Fsp3) is 0.375. The van der Waals surface area contributed by atoms with Gasteiger partial charge in [-0.1, -0.05) is 65.5 Å². The van der Waals surface area contributed by atoms with E-state index in [0.29, 0.717) is 11.5 Å². The van der Waals surface area contributed by atoms with Crippen molar-refractivity contribution in [1.29, 1.82) is 0 Å². The molecular weight excluding hydrogens is 634 g/mol. The van der Waals surface area contributed by atoms with Gasteiger partial charge in [0.05, 0.1) is 24.8 Å². The molecule has 1 atom stereocenters. The zero-order valence-electron chi connectivity index (χ0n) is 24.7. The van der Waals surface area contributed by atoms with Crippen LogP contribution >= 0.6 is 15.9 Å². The summed E-state index contributed by atoms with van der Waals surface area (Å²) in [5, 5.41) is 3.12. The Labute approximate surface area is 262 Å². The van der Waals surface area contributed by atoms with E-state index in [1.807, 2.05) is 24.3 Å². The van der Waals surface area contributed by atoms with Crippen LogP contribution in [-0.2, 0) is 26.2 Å². The second-order valence-corrected chi connectivity index (χ2v) is 13.3. The zero-order chi connectivity index (χ0) is 31.0. The second kappa shape index (κ2) is 14.7. The minimum atomic E-state index is -4.19. The van der Waals surface area contributed by atoms with E-state index in [4.69, 9.17) is 9.47 Å². The van der Waals surface area contributed by atoms with E-state index in [1.54, 1.807) is 37.3 Å². The summed E-state index contributed by atoms with van der Waals surface area (Å²) in [5.41, 5.74) is 1.02. The molecule has 4 rings (SSSR count). The average molecular weight is 673 g/mol. The van der Waals surface area contributed by atoms with Gasteiger partial charge in [-0.25, -0.2) is 8.42 Å². The summed E-state index contributed by atoms with van der Waals surface area (Å²) >= 11 is 3.44. The van der Waals surface area contributed by atoms with Crippen molar-refractivity contribution in [1.82, 2.24) is 10.2 Å². The number of carbonyl (C=O) groups excluding carboxylic acids is 2. The van der Waals surface area contributed by atoms with Crippen molar-refractivity contribution < 1.29 is 27.5 Å². The number of methoxy groups -OCH3 is 2. The van der Waals surface area contributed by atoms with Crippen molar-refractivity contribution in [3.8, 4) is 11.5 Å². The van der Waals surface area contributed by atoms with Gasteiger partial charge in [-0.05, 0) is 61.7 Å². The molecule has 1 fully saturated rings. The van der Waals surface area contributed by atoms with Crippen molar-refractivity contribution in [2.45, 2.75) is 62.6 Å². The Kier molecular flexibility index (Phi) is 11.1. The average Bonchev–Trinajstić information content (AvgIpc) is 3.03. The van der Waals surface area contributed by atoms with Crippen LogP contribution in [0, 0.1) is 0 Å². The lowest BCUT2D eigenvalue weighted by atomic mass is 9.95. The number of anilines is 1. The van der Waals surface area contributed by atoms with Gasteiger partial charge in [0.2, 0.25) is 11.8 Å². The standard InChI is InChI=1S/C32H38BrN3O6S/c1-23(32(38)34-26-10-6-4-7-11-26)35(21-24-14-16-25(33)17-15-24)31(37)22-36(43(39,40)28-12-8-5-9-13-28)27-18-19-29(41-2)30(20-27)42-3/h5,8-9,12-20,23,26H,4,6-7,10-11,21-22H2,1-3H3,(H,34,38)/t23-/m1/s1.